The molecule has 1 aromatic carbocycles. The number of benzene rings is 1. The van der Waals surface area contributed by atoms with E-state index in [1.165, 1.54) is 6.07 Å². The third-order valence-electron chi connectivity index (χ3n) is 2.62. The van der Waals surface area contributed by atoms with Crippen molar-refractivity contribution in [1.82, 2.24) is 4.98 Å². The number of nitro benzene ring substituents is 1. The van der Waals surface area contributed by atoms with Gasteiger partial charge in [0.15, 0.2) is 0 Å². The zero-order chi connectivity index (χ0) is 14.0. The van der Waals surface area contributed by atoms with Crippen LogP contribution in [0, 0.1) is 24.0 Å². The Bertz CT molecular complexity index is 644. The van der Waals surface area contributed by atoms with Gasteiger partial charge in [-0.2, -0.15) is 0 Å². The lowest BCUT2D eigenvalue weighted by Crippen LogP contribution is -1.94. The molecule has 5 nitrogen and oxygen atoms in total. The Morgan fingerprint density at radius 2 is 2.00 bits per heavy atom. The van der Waals surface area contributed by atoms with Gasteiger partial charge in [-0.3, -0.25) is 10.1 Å². The van der Waals surface area contributed by atoms with Crippen LogP contribution < -0.4 is 4.74 Å². The molecule has 0 fully saturated rings. The lowest BCUT2D eigenvalue weighted by atomic mass is 10.2. The van der Waals surface area contributed by atoms with Crippen molar-refractivity contribution < 1.29 is 9.66 Å². The van der Waals surface area contributed by atoms with Gasteiger partial charge in [-0.15, -0.1) is 0 Å². The fourth-order valence-electron chi connectivity index (χ4n) is 1.54. The van der Waals surface area contributed by atoms with Crippen LogP contribution >= 0.6 is 15.9 Å². The highest BCUT2D eigenvalue weighted by Crippen LogP contribution is 2.28. The van der Waals surface area contributed by atoms with Crippen molar-refractivity contribution in [3.63, 3.8) is 0 Å². The Hall–Kier alpha value is -1.95. The summed E-state index contributed by atoms with van der Waals surface area (Å²) in [5, 5.41) is 10.9. The van der Waals surface area contributed by atoms with E-state index in [1.54, 1.807) is 31.3 Å². The van der Waals surface area contributed by atoms with E-state index in [0.29, 0.717) is 17.2 Å². The summed E-state index contributed by atoms with van der Waals surface area (Å²) in [6.45, 7) is 3.60. The molecule has 98 valence electrons. The number of rotatable bonds is 3. The van der Waals surface area contributed by atoms with Crippen LogP contribution in [0.25, 0.3) is 0 Å². The van der Waals surface area contributed by atoms with Crippen LogP contribution in [0.15, 0.2) is 34.9 Å². The van der Waals surface area contributed by atoms with Crippen molar-refractivity contribution in [3.8, 4) is 11.6 Å². The summed E-state index contributed by atoms with van der Waals surface area (Å²) >= 11 is 3.35. The summed E-state index contributed by atoms with van der Waals surface area (Å²) < 4.78 is 6.41. The minimum atomic E-state index is -0.428. The van der Waals surface area contributed by atoms with Crippen molar-refractivity contribution in [1.29, 1.82) is 0 Å². The molecule has 0 aliphatic heterocycles. The molecule has 0 spiro atoms. The Balaban J connectivity index is 2.30. The standard InChI is InChI=1S/C13H11BrN2O3/c1-8-3-4-10(6-12(8)16(17)18)19-13-5-9(2)11(14)7-15-13/h3-7H,1-2H3. The molecule has 19 heavy (non-hydrogen) atoms. The maximum Gasteiger partial charge on any atom is 0.276 e. The predicted molar refractivity (Wildman–Crippen MR) is 74.6 cm³/mol. The highest BCUT2D eigenvalue weighted by molar-refractivity contribution is 9.10. The molecule has 0 saturated heterocycles. The quantitative estimate of drug-likeness (QED) is 0.628. The molecule has 6 heteroatoms. The van der Waals surface area contributed by atoms with Gasteiger partial charge in [0, 0.05) is 22.3 Å². The Kier molecular flexibility index (Phi) is 3.80. The fraction of sp³-hybridized carbons (Fsp3) is 0.154. The molecule has 0 aliphatic rings. The van der Waals surface area contributed by atoms with Gasteiger partial charge in [-0.05, 0) is 47.5 Å². The van der Waals surface area contributed by atoms with E-state index < -0.39 is 4.92 Å². The number of ether oxygens (including phenoxy) is 1. The first-order valence-corrected chi connectivity index (χ1v) is 6.31. The average molecular weight is 323 g/mol. The first-order chi connectivity index (χ1) is 8.97. The molecule has 0 N–H and O–H groups in total. The van der Waals surface area contributed by atoms with Crippen LogP contribution in [0.1, 0.15) is 11.1 Å². The average Bonchev–Trinajstić information content (AvgIpc) is 2.36. The summed E-state index contributed by atoms with van der Waals surface area (Å²) in [6, 6.07) is 6.49. The van der Waals surface area contributed by atoms with Crippen LogP contribution in [-0.4, -0.2) is 9.91 Å². The van der Waals surface area contributed by atoms with Crippen LogP contribution in [0.5, 0.6) is 11.6 Å². The van der Waals surface area contributed by atoms with Crippen LogP contribution in [0.4, 0.5) is 5.69 Å². The van der Waals surface area contributed by atoms with Gasteiger partial charge < -0.3 is 4.74 Å². The second-order valence-corrected chi connectivity index (χ2v) is 4.93. The number of pyridine rings is 1. The minimum absolute atomic E-state index is 0.0336. The van der Waals surface area contributed by atoms with Gasteiger partial charge in [0.25, 0.3) is 5.69 Å². The summed E-state index contributed by atoms with van der Waals surface area (Å²) in [4.78, 5) is 14.5. The maximum atomic E-state index is 10.9. The molecule has 0 aliphatic carbocycles. The Morgan fingerprint density at radius 3 is 2.63 bits per heavy atom. The van der Waals surface area contributed by atoms with E-state index in [1.807, 2.05) is 6.92 Å². The molecule has 0 unspecified atom stereocenters. The number of aromatic nitrogens is 1. The first-order valence-electron chi connectivity index (χ1n) is 5.52. The molecule has 1 aromatic heterocycles. The third-order valence-corrected chi connectivity index (χ3v) is 3.45. The van der Waals surface area contributed by atoms with Crippen LogP contribution in [-0.2, 0) is 0 Å². The number of hydrogen-bond acceptors (Lipinski definition) is 4. The van der Waals surface area contributed by atoms with Gasteiger partial charge in [-0.1, -0.05) is 0 Å². The fourth-order valence-corrected chi connectivity index (χ4v) is 1.76. The highest BCUT2D eigenvalue weighted by atomic mass is 79.9. The van der Waals surface area contributed by atoms with Gasteiger partial charge in [-0.25, -0.2) is 4.98 Å². The number of nitro groups is 1. The van der Waals surface area contributed by atoms with Crippen molar-refractivity contribution in [3.05, 3.63) is 56.2 Å². The number of halogens is 1. The molecular formula is C13H11BrN2O3. The summed E-state index contributed by atoms with van der Waals surface area (Å²) in [6.07, 6.45) is 1.63. The van der Waals surface area contributed by atoms with Crippen molar-refractivity contribution in [2.75, 3.05) is 0 Å². The van der Waals surface area contributed by atoms with Gasteiger partial charge in [0.2, 0.25) is 5.88 Å². The second-order valence-electron chi connectivity index (χ2n) is 4.08. The topological polar surface area (TPSA) is 65.3 Å². The Morgan fingerprint density at radius 1 is 1.26 bits per heavy atom. The SMILES string of the molecule is Cc1cc(Oc2ccc(C)c([N+](=O)[O-])c2)ncc1Br. The van der Waals surface area contributed by atoms with Gasteiger partial charge in [0.05, 0.1) is 11.0 Å². The van der Waals surface area contributed by atoms with E-state index in [9.17, 15) is 10.1 Å². The lowest BCUT2D eigenvalue weighted by Gasteiger charge is -2.07. The van der Waals surface area contributed by atoms with E-state index in [4.69, 9.17) is 4.74 Å². The lowest BCUT2D eigenvalue weighted by molar-refractivity contribution is -0.385. The third kappa shape index (κ3) is 3.08. The van der Waals surface area contributed by atoms with E-state index in [2.05, 4.69) is 20.9 Å². The van der Waals surface area contributed by atoms with Crippen molar-refractivity contribution in [2.24, 2.45) is 0 Å². The van der Waals surface area contributed by atoms with E-state index in [-0.39, 0.29) is 5.69 Å². The van der Waals surface area contributed by atoms with Crippen LogP contribution in [0.2, 0.25) is 0 Å². The molecule has 1 heterocycles. The molecule has 0 saturated carbocycles. The minimum Gasteiger partial charge on any atom is -0.439 e. The smallest absolute Gasteiger partial charge is 0.276 e. The maximum absolute atomic E-state index is 10.9. The molecule has 0 atom stereocenters. The summed E-state index contributed by atoms with van der Waals surface area (Å²) in [5.41, 5.74) is 1.61. The molecule has 0 radical (unpaired) electrons. The second kappa shape index (κ2) is 5.36. The largest absolute Gasteiger partial charge is 0.439 e. The number of nitrogens with zero attached hydrogens (tertiary/aromatic N) is 2. The molecule has 2 aromatic rings. The van der Waals surface area contributed by atoms with Gasteiger partial charge >= 0.3 is 0 Å². The highest BCUT2D eigenvalue weighted by Gasteiger charge is 2.12. The summed E-state index contributed by atoms with van der Waals surface area (Å²) in [7, 11) is 0. The monoisotopic (exact) mass is 322 g/mol. The van der Waals surface area contributed by atoms with Crippen molar-refractivity contribution in [2.45, 2.75) is 13.8 Å². The van der Waals surface area contributed by atoms with Crippen LogP contribution in [0.3, 0.4) is 0 Å². The molecular weight excluding hydrogens is 312 g/mol. The van der Waals surface area contributed by atoms with Gasteiger partial charge in [0.1, 0.15) is 5.75 Å². The summed E-state index contributed by atoms with van der Waals surface area (Å²) in [5.74, 6) is 0.797. The van der Waals surface area contributed by atoms with Crippen molar-refractivity contribution >= 4 is 21.6 Å². The first kappa shape index (κ1) is 13.5. The normalized spacial score (nSPS) is 10.3. The molecule has 2 rings (SSSR count). The predicted octanol–water partition coefficient (Wildman–Crippen LogP) is 4.16. The Labute approximate surface area is 118 Å². The molecule has 0 amide bonds. The zero-order valence-corrected chi connectivity index (χ0v) is 12.0. The van der Waals surface area contributed by atoms with E-state index >= 15 is 0 Å². The van der Waals surface area contributed by atoms with E-state index in [0.717, 1.165) is 10.0 Å². The molecule has 0 bridgehead atoms. The number of aryl methyl sites for hydroxylation is 2. The number of hydrogen-bond donors (Lipinski definition) is 0. The zero-order valence-electron chi connectivity index (χ0n) is 10.4.